The maximum absolute atomic E-state index is 13.4. The number of carbonyl (C=O) groups is 2. The highest BCUT2D eigenvalue weighted by Crippen LogP contribution is 2.33. The largest absolute Gasteiger partial charge is 0.494 e. The van der Waals surface area contributed by atoms with E-state index in [1.165, 1.54) is 19.2 Å². The Morgan fingerprint density at radius 2 is 2.38 bits per heavy atom. The quantitative estimate of drug-likeness (QED) is 0.901. The van der Waals surface area contributed by atoms with Crippen LogP contribution >= 0.6 is 11.3 Å². The summed E-state index contributed by atoms with van der Waals surface area (Å²) < 4.78 is 19.1. The van der Waals surface area contributed by atoms with Crippen LogP contribution in [0.5, 0.6) is 5.75 Å². The van der Waals surface area contributed by atoms with Crippen molar-refractivity contribution < 1.29 is 18.7 Å². The Balaban J connectivity index is 1.84. The molecule has 1 aliphatic heterocycles. The van der Waals surface area contributed by atoms with E-state index in [0.29, 0.717) is 27.6 Å². The maximum atomic E-state index is 13.4. The molecule has 3 rings (SSSR count). The molecule has 1 aliphatic rings. The summed E-state index contributed by atoms with van der Waals surface area (Å²) >= 11 is 1.16. The van der Waals surface area contributed by atoms with Gasteiger partial charge in [0, 0.05) is 19.0 Å². The molecule has 0 aliphatic carbocycles. The van der Waals surface area contributed by atoms with Crippen LogP contribution in [-0.4, -0.2) is 30.5 Å². The second-order valence-electron chi connectivity index (χ2n) is 4.67. The van der Waals surface area contributed by atoms with Gasteiger partial charge >= 0.3 is 0 Å². The Morgan fingerprint density at radius 3 is 3.05 bits per heavy atom. The highest BCUT2D eigenvalue weighted by molar-refractivity contribution is 7.22. The minimum absolute atomic E-state index is 0.136. The number of ether oxygens (including phenoxy) is 1. The van der Waals surface area contributed by atoms with E-state index in [2.05, 4.69) is 15.6 Å². The van der Waals surface area contributed by atoms with Gasteiger partial charge in [0.2, 0.25) is 11.8 Å². The molecule has 6 nitrogen and oxygen atoms in total. The van der Waals surface area contributed by atoms with Crippen molar-refractivity contribution in [2.45, 2.75) is 6.42 Å². The number of rotatable bonds is 3. The van der Waals surface area contributed by atoms with E-state index < -0.39 is 11.7 Å². The molecule has 1 unspecified atom stereocenters. The number of carbonyl (C=O) groups excluding carboxylic acids is 2. The lowest BCUT2D eigenvalue weighted by molar-refractivity contribution is -0.123. The number of methoxy groups -OCH3 is 1. The molecular weight excluding hydrogens is 297 g/mol. The summed E-state index contributed by atoms with van der Waals surface area (Å²) in [6.45, 7) is 0.327. The number of hydrogen-bond donors (Lipinski definition) is 2. The van der Waals surface area contributed by atoms with Gasteiger partial charge in [0.25, 0.3) is 0 Å². The number of halogens is 1. The van der Waals surface area contributed by atoms with Gasteiger partial charge in [-0.1, -0.05) is 11.3 Å². The molecule has 2 heterocycles. The van der Waals surface area contributed by atoms with Crippen LogP contribution in [0.1, 0.15) is 6.42 Å². The first-order valence-corrected chi connectivity index (χ1v) is 7.10. The highest BCUT2D eigenvalue weighted by Gasteiger charge is 2.28. The van der Waals surface area contributed by atoms with Crippen LogP contribution in [0.2, 0.25) is 0 Å². The van der Waals surface area contributed by atoms with Gasteiger partial charge in [-0.25, -0.2) is 9.37 Å². The van der Waals surface area contributed by atoms with E-state index in [0.717, 1.165) is 11.3 Å². The van der Waals surface area contributed by atoms with Crippen molar-refractivity contribution in [1.29, 1.82) is 0 Å². The number of aromatic nitrogens is 1. The summed E-state index contributed by atoms with van der Waals surface area (Å²) in [5.74, 6) is -0.913. The van der Waals surface area contributed by atoms with Crippen molar-refractivity contribution in [3.8, 4) is 5.75 Å². The fourth-order valence-corrected chi connectivity index (χ4v) is 3.09. The second kappa shape index (κ2) is 5.28. The molecule has 2 aromatic rings. The fraction of sp³-hybridized carbons (Fsp3) is 0.308. The van der Waals surface area contributed by atoms with Gasteiger partial charge in [0.1, 0.15) is 17.1 Å². The van der Waals surface area contributed by atoms with Crippen LogP contribution in [0, 0.1) is 11.7 Å². The zero-order valence-electron chi connectivity index (χ0n) is 11.1. The zero-order valence-corrected chi connectivity index (χ0v) is 11.9. The number of nitrogens with one attached hydrogen (secondary N) is 2. The summed E-state index contributed by atoms with van der Waals surface area (Å²) in [4.78, 5) is 27.4. The minimum atomic E-state index is -0.425. The predicted octanol–water partition coefficient (Wildman–Crippen LogP) is 1.52. The molecule has 110 valence electrons. The van der Waals surface area contributed by atoms with Crippen LogP contribution in [0.15, 0.2) is 12.1 Å². The number of benzene rings is 1. The molecule has 0 saturated carbocycles. The molecule has 0 radical (unpaired) electrons. The molecule has 1 saturated heterocycles. The van der Waals surface area contributed by atoms with E-state index in [9.17, 15) is 14.0 Å². The minimum Gasteiger partial charge on any atom is -0.494 e. The summed E-state index contributed by atoms with van der Waals surface area (Å²) in [6, 6.07) is 2.58. The van der Waals surface area contributed by atoms with Crippen molar-refractivity contribution >= 4 is 38.5 Å². The molecule has 2 N–H and O–H groups in total. The first-order valence-electron chi connectivity index (χ1n) is 6.28. The normalized spacial score (nSPS) is 17.8. The third-order valence-electron chi connectivity index (χ3n) is 3.22. The maximum Gasteiger partial charge on any atom is 0.231 e. The standard InChI is InChI=1S/C13H12FN3O3S/c1-20-8-3-7(14)4-9-11(8)16-13(21-9)17-12(19)6-2-10(18)15-5-6/h3-4,6H,2,5H2,1H3,(H,15,18)(H,16,17,19). The van der Waals surface area contributed by atoms with Crippen LogP contribution < -0.4 is 15.4 Å². The molecule has 1 atom stereocenters. The van der Waals surface area contributed by atoms with Gasteiger partial charge in [0.15, 0.2) is 5.13 Å². The molecule has 1 aromatic carbocycles. The van der Waals surface area contributed by atoms with Crippen LogP contribution in [0.4, 0.5) is 9.52 Å². The summed E-state index contributed by atoms with van der Waals surface area (Å²) in [5, 5.41) is 5.62. The molecule has 21 heavy (non-hydrogen) atoms. The first kappa shape index (κ1) is 13.7. The highest BCUT2D eigenvalue weighted by atomic mass is 32.1. The Morgan fingerprint density at radius 1 is 1.57 bits per heavy atom. The molecule has 8 heteroatoms. The Hall–Kier alpha value is -2.22. The number of hydrogen-bond acceptors (Lipinski definition) is 5. The number of amides is 2. The molecule has 0 spiro atoms. The lowest BCUT2D eigenvalue weighted by atomic mass is 10.1. The fourth-order valence-electron chi connectivity index (χ4n) is 2.17. The van der Waals surface area contributed by atoms with E-state index in [1.807, 2.05) is 0 Å². The van der Waals surface area contributed by atoms with Crippen LogP contribution in [0.25, 0.3) is 10.2 Å². The van der Waals surface area contributed by atoms with Gasteiger partial charge in [-0.2, -0.15) is 0 Å². The molecular formula is C13H12FN3O3S. The Bertz CT molecular complexity index is 731. The first-order chi connectivity index (χ1) is 10.1. The van der Waals surface area contributed by atoms with E-state index >= 15 is 0 Å². The molecule has 2 amide bonds. The number of fused-ring (bicyclic) bond motifs is 1. The summed E-state index contributed by atoms with van der Waals surface area (Å²) in [6.07, 6.45) is 0.175. The van der Waals surface area contributed by atoms with Crippen molar-refractivity contribution in [1.82, 2.24) is 10.3 Å². The van der Waals surface area contributed by atoms with Crippen molar-refractivity contribution in [3.63, 3.8) is 0 Å². The Labute approximate surface area is 123 Å². The van der Waals surface area contributed by atoms with Crippen molar-refractivity contribution in [3.05, 3.63) is 17.9 Å². The second-order valence-corrected chi connectivity index (χ2v) is 5.70. The van der Waals surface area contributed by atoms with E-state index in [-0.39, 0.29) is 18.2 Å². The average molecular weight is 309 g/mol. The van der Waals surface area contributed by atoms with Gasteiger partial charge in [-0.15, -0.1) is 0 Å². The van der Waals surface area contributed by atoms with E-state index in [4.69, 9.17) is 4.74 Å². The SMILES string of the molecule is COc1cc(F)cc2sc(NC(=O)C3CNC(=O)C3)nc12. The monoisotopic (exact) mass is 309 g/mol. The third-order valence-corrected chi connectivity index (χ3v) is 4.14. The zero-order chi connectivity index (χ0) is 15.0. The smallest absolute Gasteiger partial charge is 0.231 e. The van der Waals surface area contributed by atoms with Gasteiger partial charge in [-0.05, 0) is 6.07 Å². The lowest BCUT2D eigenvalue weighted by Gasteiger charge is -2.05. The number of thiazole rings is 1. The average Bonchev–Trinajstić information content (AvgIpc) is 3.03. The number of anilines is 1. The number of nitrogens with zero attached hydrogens (tertiary/aromatic N) is 1. The summed E-state index contributed by atoms with van der Waals surface area (Å²) in [5.41, 5.74) is 0.500. The third kappa shape index (κ3) is 2.66. The molecule has 1 fully saturated rings. The van der Waals surface area contributed by atoms with Crippen molar-refractivity contribution in [2.75, 3.05) is 19.0 Å². The summed E-state index contributed by atoms with van der Waals surface area (Å²) in [7, 11) is 1.43. The van der Waals surface area contributed by atoms with Crippen LogP contribution in [0.3, 0.4) is 0 Å². The van der Waals surface area contributed by atoms with E-state index in [1.54, 1.807) is 0 Å². The molecule has 1 aromatic heterocycles. The van der Waals surface area contributed by atoms with Gasteiger partial charge in [0.05, 0.1) is 17.7 Å². The lowest BCUT2D eigenvalue weighted by Crippen LogP contribution is -2.24. The predicted molar refractivity (Wildman–Crippen MR) is 75.9 cm³/mol. The van der Waals surface area contributed by atoms with Crippen molar-refractivity contribution in [2.24, 2.45) is 5.92 Å². The van der Waals surface area contributed by atoms with Gasteiger partial charge < -0.3 is 15.4 Å². The Kier molecular flexibility index (Phi) is 3.46. The topological polar surface area (TPSA) is 80.3 Å². The van der Waals surface area contributed by atoms with Gasteiger partial charge in [-0.3, -0.25) is 9.59 Å². The molecule has 0 bridgehead atoms. The van der Waals surface area contributed by atoms with Crippen LogP contribution in [-0.2, 0) is 9.59 Å².